The van der Waals surface area contributed by atoms with Gasteiger partial charge in [0.05, 0.1) is 0 Å². The maximum absolute atomic E-state index is 15.8. The van der Waals surface area contributed by atoms with Crippen molar-refractivity contribution in [1.82, 2.24) is 0 Å². The molecular weight excluding hydrogens is 930 g/mol. The van der Waals surface area contributed by atoms with E-state index in [1.165, 1.54) is 0 Å². The molecule has 0 heterocycles. The molecule has 25 heteroatoms. The Labute approximate surface area is 264 Å². The number of halogens is 20. The minimum atomic E-state index is -9.40. The maximum atomic E-state index is 15.8. The van der Waals surface area contributed by atoms with Gasteiger partial charge in [-0.05, 0) is 0 Å². The molecule has 0 unspecified atom stereocenters. The van der Waals surface area contributed by atoms with E-state index in [9.17, 15) is 52.7 Å². The second-order valence-corrected chi connectivity index (χ2v) is 31.8. The Hall–Kier alpha value is 0.0774. The van der Waals surface area contributed by atoms with Crippen LogP contribution in [-0.2, 0) is 7.56 Å². The molecule has 0 amide bonds. The molecule has 0 radical (unpaired) electrons. The van der Waals surface area contributed by atoms with Gasteiger partial charge < -0.3 is 0 Å². The Morgan fingerprint density at radius 3 is 0.681 bits per heavy atom. The topological polar surface area (TPSA) is 27.7 Å². The molecule has 0 aromatic carbocycles. The van der Waals surface area contributed by atoms with Crippen LogP contribution < -0.4 is 0 Å². The molecule has 0 rings (SSSR count). The number of alkyl halides is 20. The third kappa shape index (κ3) is 14.0. The Bertz CT molecular complexity index is 812. The average Bonchev–Trinajstić information content (AvgIpc) is 2.86. The van der Waals surface area contributed by atoms with Gasteiger partial charge in [-0.3, -0.25) is 0 Å². The summed E-state index contributed by atoms with van der Waals surface area (Å²) in [7, 11) is 0. The van der Waals surface area contributed by atoms with Crippen LogP contribution in [0.1, 0.15) is 78.1 Å². The third-order valence-electron chi connectivity index (χ3n) is 6.12. The quantitative estimate of drug-likeness (QED) is 0.0899. The molecule has 0 saturated heterocycles. The molecule has 0 fully saturated rings. The van der Waals surface area contributed by atoms with Crippen molar-refractivity contribution in [2.45, 2.75) is 119 Å². The molecule has 0 aliphatic carbocycles. The average molecular weight is 960 g/mol. The summed E-state index contributed by atoms with van der Waals surface area (Å²) in [5.41, 5.74) is 0. The van der Waals surface area contributed by atoms with Gasteiger partial charge in [-0.2, -0.15) is 0 Å². The zero-order valence-corrected chi connectivity index (χ0v) is 30.0. The Morgan fingerprint density at radius 2 is 0.532 bits per heavy atom. The van der Waals surface area contributed by atoms with Crippen LogP contribution in [0.15, 0.2) is 0 Å². The van der Waals surface area contributed by atoms with E-state index in [0.717, 1.165) is 13.8 Å². The first-order valence-electron chi connectivity index (χ1n) is 13.4. The normalized spacial score (nSPS) is 15.4. The molecular formula is C22H30F20O3Sn2. The van der Waals surface area contributed by atoms with E-state index in [1.807, 2.05) is 0 Å². The van der Waals surface area contributed by atoms with Crippen LogP contribution in [0, 0.1) is 0 Å². The van der Waals surface area contributed by atoms with Crippen molar-refractivity contribution in [2.24, 2.45) is 0 Å². The number of rotatable bonds is 20. The van der Waals surface area contributed by atoms with E-state index in [-0.39, 0.29) is 0 Å². The fourth-order valence-electron chi connectivity index (χ4n) is 3.86. The molecule has 0 aromatic rings. The summed E-state index contributed by atoms with van der Waals surface area (Å²) in [5.74, 6) is 0. The van der Waals surface area contributed by atoms with Gasteiger partial charge in [-0.15, -0.1) is 0 Å². The summed E-state index contributed by atoms with van der Waals surface area (Å²) >= 11 is -18.8. The van der Waals surface area contributed by atoms with Crippen molar-refractivity contribution >= 4 is 38.4 Å². The first kappa shape index (κ1) is 47.1. The standard InChI is InChI=1S/4C4H4F5.2C3H7O.O.2Sn/c4*5-3(6)1-2-4(7,8)9;2*1-2-3-4;;;/h4*1-2H2;2*2-3H2,1H3;;;/q;;;;2*-1;;2*+1. The van der Waals surface area contributed by atoms with Gasteiger partial charge in [0.25, 0.3) is 0 Å². The van der Waals surface area contributed by atoms with Crippen LogP contribution in [0.4, 0.5) is 87.8 Å². The van der Waals surface area contributed by atoms with Crippen molar-refractivity contribution in [3.05, 3.63) is 0 Å². The molecule has 47 heavy (non-hydrogen) atoms. The van der Waals surface area contributed by atoms with Crippen molar-refractivity contribution in [2.75, 3.05) is 13.2 Å². The molecule has 0 atom stereocenters. The van der Waals surface area contributed by atoms with Crippen LogP contribution in [-0.4, -0.2) is 92.1 Å². The van der Waals surface area contributed by atoms with Gasteiger partial charge in [0, 0.05) is 0 Å². The summed E-state index contributed by atoms with van der Waals surface area (Å²) < 4.78 is 271. The first-order chi connectivity index (χ1) is 20.7. The summed E-state index contributed by atoms with van der Waals surface area (Å²) in [6, 6.07) is 0. The summed E-state index contributed by atoms with van der Waals surface area (Å²) in [5, 5.41) is 0. The monoisotopic (exact) mass is 962 g/mol. The van der Waals surface area contributed by atoms with Gasteiger partial charge >= 0.3 is 266 Å². The molecule has 0 spiro atoms. The van der Waals surface area contributed by atoms with E-state index < -0.39 is 156 Å². The number of hydrogen-bond donors (Lipinski definition) is 0. The Balaban J connectivity index is 8.16. The predicted molar refractivity (Wildman–Crippen MR) is 126 cm³/mol. The summed E-state index contributed by atoms with van der Waals surface area (Å²) in [4.78, 5) is 0. The van der Waals surface area contributed by atoms with Gasteiger partial charge in [0.2, 0.25) is 0 Å². The van der Waals surface area contributed by atoms with Crippen LogP contribution in [0.2, 0.25) is 0 Å². The zero-order chi connectivity index (χ0) is 37.6. The summed E-state index contributed by atoms with van der Waals surface area (Å²) in [6.45, 7) is -1.40. The third-order valence-corrected chi connectivity index (χ3v) is 36.1. The van der Waals surface area contributed by atoms with Gasteiger partial charge in [0.15, 0.2) is 0 Å². The molecule has 0 bridgehead atoms. The second kappa shape index (κ2) is 16.6. The van der Waals surface area contributed by atoms with Crippen molar-refractivity contribution in [1.29, 1.82) is 0 Å². The Kier molecular flexibility index (Phi) is 16.6. The Morgan fingerprint density at radius 1 is 0.340 bits per heavy atom. The van der Waals surface area contributed by atoms with E-state index in [0.29, 0.717) is 0 Å². The van der Waals surface area contributed by atoms with E-state index >= 15 is 35.1 Å². The molecule has 0 aliphatic heterocycles. The minimum absolute atomic E-state index is 0.764. The molecule has 0 N–H and O–H groups in total. The molecule has 284 valence electrons. The van der Waals surface area contributed by atoms with Crippen LogP contribution >= 0.6 is 0 Å². The van der Waals surface area contributed by atoms with E-state index in [2.05, 4.69) is 7.56 Å². The van der Waals surface area contributed by atoms with Crippen LogP contribution in [0.3, 0.4) is 0 Å². The first-order valence-corrected chi connectivity index (χ1v) is 23.8. The van der Waals surface area contributed by atoms with Crippen molar-refractivity contribution < 1.29 is 95.4 Å². The molecule has 0 saturated carbocycles. The summed E-state index contributed by atoms with van der Waals surface area (Å²) in [6.07, 6.45) is -47.3. The SMILES string of the molecule is CCC[O][Sn]([O][Sn]([O]CCC)([C](F)(F)CCC(F)(F)F)[C](F)(F)CCC(F)(F)F)([C](F)(F)CCC(F)(F)F)[C](F)(F)CCC(F)(F)F. The zero-order valence-electron chi connectivity index (χ0n) is 24.3. The van der Waals surface area contributed by atoms with Gasteiger partial charge in [0.1, 0.15) is 0 Å². The van der Waals surface area contributed by atoms with E-state index in [1.54, 1.807) is 0 Å². The van der Waals surface area contributed by atoms with Gasteiger partial charge in [-0.1, -0.05) is 0 Å². The molecule has 0 aromatic heterocycles. The second-order valence-electron chi connectivity index (χ2n) is 10.3. The van der Waals surface area contributed by atoms with Crippen LogP contribution in [0.5, 0.6) is 0 Å². The fourth-order valence-corrected chi connectivity index (χ4v) is 42.0. The fraction of sp³-hybridized carbons (Fsp3) is 1.00. The predicted octanol–water partition coefficient (Wildman–Crippen LogP) is 10.8. The molecule has 0 aliphatic rings. The van der Waals surface area contributed by atoms with Crippen LogP contribution in [0.25, 0.3) is 0 Å². The molecule has 3 nitrogen and oxygen atoms in total. The number of hydrogen-bond acceptors (Lipinski definition) is 3. The van der Waals surface area contributed by atoms with Gasteiger partial charge in [-0.25, -0.2) is 0 Å². The van der Waals surface area contributed by atoms with Crippen molar-refractivity contribution in [3.63, 3.8) is 0 Å². The van der Waals surface area contributed by atoms with Crippen molar-refractivity contribution in [3.8, 4) is 0 Å². The van der Waals surface area contributed by atoms with E-state index in [4.69, 9.17) is 0 Å².